The molecule has 2 aliphatic rings. The van der Waals surface area contributed by atoms with E-state index in [1.807, 2.05) is 11.8 Å². The van der Waals surface area contributed by atoms with Crippen LogP contribution in [0.2, 0.25) is 5.15 Å². The molecule has 7 nitrogen and oxygen atoms in total. The maximum Gasteiger partial charge on any atom is 0.416 e. The molecule has 1 atom stereocenters. The first kappa shape index (κ1) is 28.5. The van der Waals surface area contributed by atoms with Gasteiger partial charge in [-0.15, -0.1) is 0 Å². The fourth-order valence-corrected chi connectivity index (χ4v) is 5.84. The molecule has 2 heterocycles. The molecule has 2 aromatic rings. The Hall–Kier alpha value is -2.53. The highest BCUT2D eigenvalue weighted by Gasteiger charge is 2.33. The van der Waals surface area contributed by atoms with Crippen molar-refractivity contribution in [3.05, 3.63) is 46.6 Å². The summed E-state index contributed by atoms with van der Waals surface area (Å²) < 4.78 is 38.7. The fraction of sp³-hybridized carbons (Fsp3) is 0.538. The van der Waals surface area contributed by atoms with E-state index < -0.39 is 11.7 Å². The van der Waals surface area contributed by atoms with Crippen LogP contribution in [0.4, 0.5) is 19.0 Å². The second kappa shape index (κ2) is 12.5. The lowest BCUT2D eigenvalue weighted by molar-refractivity contribution is -0.139. The van der Waals surface area contributed by atoms with Crippen molar-refractivity contribution in [1.82, 2.24) is 20.2 Å². The second-order valence-electron chi connectivity index (χ2n) is 9.76. The van der Waals surface area contributed by atoms with Gasteiger partial charge in [0.2, 0.25) is 11.8 Å². The van der Waals surface area contributed by atoms with Gasteiger partial charge in [0.25, 0.3) is 0 Å². The Morgan fingerprint density at radius 2 is 1.89 bits per heavy atom. The maximum absolute atomic E-state index is 13.0. The predicted molar refractivity (Wildman–Crippen MR) is 141 cm³/mol. The van der Waals surface area contributed by atoms with Gasteiger partial charge in [0.1, 0.15) is 11.0 Å². The largest absolute Gasteiger partial charge is 0.416 e. The number of benzene rings is 1. The molecule has 1 aromatic carbocycles. The van der Waals surface area contributed by atoms with Gasteiger partial charge in [0, 0.05) is 44.2 Å². The highest BCUT2D eigenvalue weighted by atomic mass is 35.5. The zero-order chi connectivity index (χ0) is 27.3. The molecule has 1 saturated heterocycles. The number of rotatable bonds is 7. The third-order valence-electron chi connectivity index (χ3n) is 6.93. The van der Waals surface area contributed by atoms with Crippen LogP contribution in [0.15, 0.2) is 35.5 Å². The lowest BCUT2D eigenvalue weighted by atomic mass is 9.88. The summed E-state index contributed by atoms with van der Waals surface area (Å²) >= 11 is 7.34. The van der Waals surface area contributed by atoms with E-state index in [0.29, 0.717) is 36.2 Å². The summed E-state index contributed by atoms with van der Waals surface area (Å²) in [6.45, 7) is 3.87. The molecule has 2 amide bonds. The molecular formula is C26H31ClF3N5O2S. The molecule has 1 N–H and O–H groups in total. The normalized spacial score (nSPS) is 18.9. The number of hydrogen-bond acceptors (Lipinski definition) is 6. The highest BCUT2D eigenvalue weighted by Crippen LogP contribution is 2.30. The molecular weight excluding hydrogens is 539 g/mol. The van der Waals surface area contributed by atoms with Crippen molar-refractivity contribution in [3.8, 4) is 0 Å². The number of carbonyl (C=O) groups excluding carboxylic acids is 2. The minimum Gasteiger partial charge on any atom is -0.353 e. The summed E-state index contributed by atoms with van der Waals surface area (Å²) in [7, 11) is 0. The molecule has 0 radical (unpaired) electrons. The highest BCUT2D eigenvalue weighted by molar-refractivity contribution is 7.99. The summed E-state index contributed by atoms with van der Waals surface area (Å²) in [5.74, 6) is 0.646. The average Bonchev–Trinajstić information content (AvgIpc) is 2.90. The third-order valence-corrected chi connectivity index (χ3v) is 7.97. The van der Waals surface area contributed by atoms with E-state index in [-0.39, 0.29) is 41.2 Å². The van der Waals surface area contributed by atoms with Crippen molar-refractivity contribution in [2.75, 3.05) is 30.3 Å². The van der Waals surface area contributed by atoms with Crippen LogP contribution in [-0.4, -0.2) is 58.1 Å². The number of thioether (sulfide) groups is 1. The molecule has 12 heteroatoms. The van der Waals surface area contributed by atoms with E-state index in [1.54, 1.807) is 6.07 Å². The Morgan fingerprint density at radius 3 is 2.61 bits per heavy atom. The Labute approximate surface area is 229 Å². The fourth-order valence-electron chi connectivity index (χ4n) is 4.93. The van der Waals surface area contributed by atoms with Crippen LogP contribution >= 0.6 is 23.4 Å². The molecule has 1 saturated carbocycles. The lowest BCUT2D eigenvalue weighted by Crippen LogP contribution is -2.55. The number of nitrogens with zero attached hydrogens (tertiary/aromatic N) is 4. The Morgan fingerprint density at radius 1 is 1.13 bits per heavy atom. The van der Waals surface area contributed by atoms with Crippen molar-refractivity contribution in [2.45, 2.75) is 62.9 Å². The summed E-state index contributed by atoms with van der Waals surface area (Å²) in [5, 5.41) is 3.20. The lowest BCUT2D eigenvalue weighted by Gasteiger charge is -2.42. The number of piperazine rings is 1. The molecule has 2 fully saturated rings. The summed E-state index contributed by atoms with van der Waals surface area (Å²) in [6.07, 6.45) is 0.955. The third kappa shape index (κ3) is 7.53. The molecule has 38 heavy (non-hydrogen) atoms. The first-order valence-electron chi connectivity index (χ1n) is 12.8. The van der Waals surface area contributed by atoms with Gasteiger partial charge < -0.3 is 15.1 Å². The summed E-state index contributed by atoms with van der Waals surface area (Å²) in [4.78, 5) is 38.2. The standard InChI is InChI=1S/C26H31ClF3N5O2S/c1-17-15-34(10-11-35(17)24(37)19-7-3-2-4-8-19)22-13-21(27)32-25(33-22)38-16-23(36)31-14-18-6-5-9-20(12-18)26(28,29)30/h5-6,9,12-13,17,19H,2-4,7-8,10-11,14-16H2,1H3,(H,31,36). The molecule has 0 bridgehead atoms. The Balaban J connectivity index is 1.30. The minimum atomic E-state index is -4.44. The van der Waals surface area contributed by atoms with Crippen molar-refractivity contribution in [2.24, 2.45) is 5.92 Å². The predicted octanol–water partition coefficient (Wildman–Crippen LogP) is 5.17. The molecule has 1 aromatic heterocycles. The van der Waals surface area contributed by atoms with Crippen LogP contribution in [0.25, 0.3) is 0 Å². The zero-order valence-corrected chi connectivity index (χ0v) is 22.7. The molecule has 1 unspecified atom stereocenters. The van der Waals surface area contributed by atoms with Gasteiger partial charge in [-0.1, -0.05) is 54.8 Å². The quantitative estimate of drug-likeness (QED) is 0.281. The number of carbonyl (C=O) groups is 2. The van der Waals surface area contributed by atoms with Crippen molar-refractivity contribution >= 4 is 41.0 Å². The van der Waals surface area contributed by atoms with E-state index >= 15 is 0 Å². The van der Waals surface area contributed by atoms with Crippen molar-refractivity contribution in [3.63, 3.8) is 0 Å². The average molecular weight is 570 g/mol. The zero-order valence-electron chi connectivity index (χ0n) is 21.1. The SMILES string of the molecule is CC1CN(c2cc(Cl)nc(SCC(=O)NCc3cccc(C(F)(F)F)c3)n2)CCN1C(=O)C1CCCCC1. The topological polar surface area (TPSA) is 78.4 Å². The van der Waals surface area contributed by atoms with E-state index in [9.17, 15) is 22.8 Å². The minimum absolute atomic E-state index is 0.0151. The van der Waals surface area contributed by atoms with Gasteiger partial charge in [-0.05, 0) is 37.5 Å². The number of halogens is 4. The first-order chi connectivity index (χ1) is 18.1. The number of anilines is 1. The van der Waals surface area contributed by atoms with Crippen LogP contribution in [0.1, 0.15) is 50.2 Å². The summed E-state index contributed by atoms with van der Waals surface area (Å²) in [6, 6.07) is 6.55. The van der Waals surface area contributed by atoms with Crippen LogP contribution in [0.3, 0.4) is 0 Å². The monoisotopic (exact) mass is 569 g/mol. The smallest absolute Gasteiger partial charge is 0.353 e. The van der Waals surface area contributed by atoms with Crippen LogP contribution < -0.4 is 10.2 Å². The van der Waals surface area contributed by atoms with Crippen molar-refractivity contribution < 1.29 is 22.8 Å². The number of hydrogen-bond donors (Lipinski definition) is 1. The first-order valence-corrected chi connectivity index (χ1v) is 14.1. The molecule has 4 rings (SSSR count). The van der Waals surface area contributed by atoms with Gasteiger partial charge in [0.15, 0.2) is 5.16 Å². The van der Waals surface area contributed by atoms with Crippen LogP contribution in [0, 0.1) is 5.92 Å². The molecule has 1 aliphatic heterocycles. The van der Waals surface area contributed by atoms with Crippen LogP contribution in [-0.2, 0) is 22.3 Å². The van der Waals surface area contributed by atoms with Gasteiger partial charge in [0.05, 0.1) is 11.3 Å². The van der Waals surface area contributed by atoms with Gasteiger partial charge in [-0.25, -0.2) is 9.97 Å². The van der Waals surface area contributed by atoms with E-state index in [0.717, 1.165) is 49.6 Å². The molecule has 206 valence electrons. The number of nitrogens with one attached hydrogen (secondary N) is 1. The van der Waals surface area contributed by atoms with Gasteiger partial charge in [-0.2, -0.15) is 13.2 Å². The second-order valence-corrected chi connectivity index (χ2v) is 11.1. The molecule has 0 spiro atoms. The number of alkyl halides is 3. The number of amides is 2. The van der Waals surface area contributed by atoms with E-state index in [1.165, 1.54) is 18.6 Å². The van der Waals surface area contributed by atoms with Crippen LogP contribution in [0.5, 0.6) is 0 Å². The maximum atomic E-state index is 13.0. The van der Waals surface area contributed by atoms with Crippen molar-refractivity contribution in [1.29, 1.82) is 0 Å². The molecule has 1 aliphatic carbocycles. The van der Waals surface area contributed by atoms with E-state index in [4.69, 9.17) is 11.6 Å². The van der Waals surface area contributed by atoms with E-state index in [2.05, 4.69) is 20.2 Å². The Kier molecular flexibility index (Phi) is 9.40. The van der Waals surface area contributed by atoms with Gasteiger partial charge >= 0.3 is 6.18 Å². The Bertz CT molecular complexity index is 1150. The number of aromatic nitrogens is 2. The van der Waals surface area contributed by atoms with Gasteiger partial charge in [-0.3, -0.25) is 9.59 Å². The summed E-state index contributed by atoms with van der Waals surface area (Å²) in [5.41, 5.74) is -0.401.